The predicted molar refractivity (Wildman–Crippen MR) is 92.8 cm³/mol. The molecule has 3 nitrogen and oxygen atoms in total. The first-order chi connectivity index (χ1) is 11.5. The Morgan fingerprint density at radius 1 is 1.38 bits per heavy atom. The van der Waals surface area contributed by atoms with E-state index in [1.165, 1.54) is 30.0 Å². The zero-order valence-electron chi connectivity index (χ0n) is 14.2. The van der Waals surface area contributed by atoms with E-state index in [4.69, 9.17) is 9.15 Å². The van der Waals surface area contributed by atoms with Crippen molar-refractivity contribution in [1.82, 2.24) is 4.98 Å². The fourth-order valence-electron chi connectivity index (χ4n) is 3.02. The van der Waals surface area contributed by atoms with Gasteiger partial charge in [-0.05, 0) is 62.4 Å². The van der Waals surface area contributed by atoms with Crippen LogP contribution in [0.1, 0.15) is 41.8 Å². The number of rotatable bonds is 6. The van der Waals surface area contributed by atoms with Crippen LogP contribution in [0.5, 0.6) is 5.75 Å². The van der Waals surface area contributed by atoms with E-state index in [9.17, 15) is 4.39 Å². The molecule has 0 saturated carbocycles. The number of hydrogen-bond acceptors (Lipinski definition) is 3. The van der Waals surface area contributed by atoms with Crippen molar-refractivity contribution in [3.05, 3.63) is 65.2 Å². The van der Waals surface area contributed by atoms with Crippen molar-refractivity contribution < 1.29 is 13.5 Å². The summed E-state index contributed by atoms with van der Waals surface area (Å²) in [5.41, 5.74) is 4.27. The van der Waals surface area contributed by atoms with Gasteiger partial charge in [-0.25, -0.2) is 9.37 Å². The minimum Gasteiger partial charge on any atom is -0.493 e. The van der Waals surface area contributed by atoms with E-state index in [-0.39, 0.29) is 0 Å². The van der Waals surface area contributed by atoms with Crippen molar-refractivity contribution in [2.75, 3.05) is 6.61 Å². The van der Waals surface area contributed by atoms with Crippen LogP contribution in [0.3, 0.4) is 0 Å². The van der Waals surface area contributed by atoms with Gasteiger partial charge in [0.25, 0.3) is 0 Å². The summed E-state index contributed by atoms with van der Waals surface area (Å²) in [4.78, 5) is 4.34. The zero-order chi connectivity index (χ0) is 17.1. The summed E-state index contributed by atoms with van der Waals surface area (Å²) in [5.74, 6) is 1.59. The van der Waals surface area contributed by atoms with Gasteiger partial charge in [0.15, 0.2) is 0 Å². The molecule has 4 heteroatoms. The third-order valence-electron chi connectivity index (χ3n) is 4.27. The van der Waals surface area contributed by atoms with Crippen LogP contribution in [0.4, 0.5) is 4.39 Å². The summed E-state index contributed by atoms with van der Waals surface area (Å²) < 4.78 is 24.4. The molecule has 0 radical (unpaired) electrons. The van der Waals surface area contributed by atoms with Crippen LogP contribution in [0.2, 0.25) is 0 Å². The average Bonchev–Trinajstić information content (AvgIpc) is 3.13. The van der Waals surface area contributed by atoms with Crippen molar-refractivity contribution in [2.45, 2.75) is 39.5 Å². The summed E-state index contributed by atoms with van der Waals surface area (Å²) in [6.07, 6.45) is 5.49. The van der Waals surface area contributed by atoms with Gasteiger partial charge in [0.1, 0.15) is 17.3 Å². The number of allylic oxidation sites excluding steroid dienone is 3. The molecule has 1 aromatic heterocycles. The van der Waals surface area contributed by atoms with Crippen LogP contribution >= 0.6 is 0 Å². The van der Waals surface area contributed by atoms with Gasteiger partial charge >= 0.3 is 0 Å². The first-order valence-corrected chi connectivity index (χ1v) is 8.27. The van der Waals surface area contributed by atoms with E-state index in [0.29, 0.717) is 24.5 Å². The highest BCUT2D eigenvalue weighted by Crippen LogP contribution is 2.26. The summed E-state index contributed by atoms with van der Waals surface area (Å²) in [5, 5.41) is 0. The molecule has 0 aliphatic heterocycles. The monoisotopic (exact) mass is 327 g/mol. The minimum absolute atomic E-state index is 0.429. The van der Waals surface area contributed by atoms with Crippen LogP contribution in [-0.4, -0.2) is 11.6 Å². The Labute approximate surface area is 141 Å². The average molecular weight is 327 g/mol. The lowest BCUT2D eigenvalue weighted by Gasteiger charge is -2.07. The Balaban J connectivity index is 1.61. The fourth-order valence-corrected chi connectivity index (χ4v) is 3.02. The SMILES string of the molecule is C=C(F)/C=C(\C)c1nc(C)c(CCOc2ccc3c(c2)CCC3)o1. The topological polar surface area (TPSA) is 35.3 Å². The second-order valence-electron chi connectivity index (χ2n) is 6.18. The third-order valence-corrected chi connectivity index (χ3v) is 4.27. The Morgan fingerprint density at radius 3 is 2.96 bits per heavy atom. The van der Waals surface area contributed by atoms with Crippen molar-refractivity contribution in [3.63, 3.8) is 0 Å². The number of oxazole rings is 1. The van der Waals surface area contributed by atoms with Gasteiger partial charge < -0.3 is 9.15 Å². The number of nitrogens with zero attached hydrogens (tertiary/aromatic N) is 1. The number of aromatic nitrogens is 1. The summed E-state index contributed by atoms with van der Waals surface area (Å²) >= 11 is 0. The largest absolute Gasteiger partial charge is 0.493 e. The van der Waals surface area contributed by atoms with Gasteiger partial charge in [-0.3, -0.25) is 0 Å². The van der Waals surface area contributed by atoms with E-state index in [2.05, 4.69) is 23.7 Å². The van der Waals surface area contributed by atoms with Crippen LogP contribution in [0, 0.1) is 6.92 Å². The highest BCUT2D eigenvalue weighted by atomic mass is 19.1. The van der Waals surface area contributed by atoms with E-state index in [1.807, 2.05) is 13.0 Å². The number of aryl methyl sites for hydroxylation is 3. The molecule has 1 aromatic carbocycles. The molecule has 0 amide bonds. The number of hydrogen-bond donors (Lipinski definition) is 0. The van der Waals surface area contributed by atoms with Crippen LogP contribution < -0.4 is 4.74 Å². The van der Waals surface area contributed by atoms with Crippen molar-refractivity contribution in [3.8, 4) is 5.75 Å². The molecule has 0 unspecified atom stereocenters. The van der Waals surface area contributed by atoms with Gasteiger partial charge in [0.2, 0.25) is 5.89 Å². The van der Waals surface area contributed by atoms with Crippen molar-refractivity contribution in [2.24, 2.45) is 0 Å². The van der Waals surface area contributed by atoms with E-state index < -0.39 is 5.83 Å². The van der Waals surface area contributed by atoms with Gasteiger partial charge in [0.05, 0.1) is 12.3 Å². The van der Waals surface area contributed by atoms with E-state index >= 15 is 0 Å². The van der Waals surface area contributed by atoms with Crippen LogP contribution in [0.15, 0.2) is 41.1 Å². The smallest absolute Gasteiger partial charge is 0.222 e. The fraction of sp³-hybridized carbons (Fsp3) is 0.350. The molecule has 1 aliphatic carbocycles. The molecule has 0 bridgehead atoms. The number of ether oxygens (including phenoxy) is 1. The first kappa shape index (κ1) is 16.5. The highest BCUT2D eigenvalue weighted by molar-refractivity contribution is 5.59. The highest BCUT2D eigenvalue weighted by Gasteiger charge is 2.13. The lowest BCUT2D eigenvalue weighted by Crippen LogP contribution is -2.02. The van der Waals surface area contributed by atoms with Gasteiger partial charge in [-0.15, -0.1) is 0 Å². The maximum Gasteiger partial charge on any atom is 0.222 e. The maximum absolute atomic E-state index is 12.9. The van der Waals surface area contributed by atoms with Crippen molar-refractivity contribution in [1.29, 1.82) is 0 Å². The second-order valence-corrected chi connectivity index (χ2v) is 6.18. The first-order valence-electron chi connectivity index (χ1n) is 8.27. The van der Waals surface area contributed by atoms with Crippen LogP contribution in [-0.2, 0) is 19.3 Å². The quantitative estimate of drug-likeness (QED) is 0.702. The molecule has 0 fully saturated rings. The molecule has 0 saturated heterocycles. The summed E-state index contributed by atoms with van der Waals surface area (Å²) in [6.45, 7) is 7.38. The number of fused-ring (bicyclic) bond motifs is 1. The standard InChI is InChI=1S/C20H22FNO2/c1-13(11-14(2)21)20-22-15(3)19(24-20)9-10-23-18-8-7-16-5-4-6-17(16)12-18/h7-8,11-12H,2,4-6,9-10H2,1,3H3/b13-11+. The Morgan fingerprint density at radius 2 is 2.17 bits per heavy atom. The van der Waals surface area contributed by atoms with Gasteiger partial charge in [-0.2, -0.15) is 0 Å². The Kier molecular flexibility index (Phi) is 4.84. The van der Waals surface area contributed by atoms with Crippen molar-refractivity contribution >= 4 is 5.57 Å². The Hall–Kier alpha value is -2.36. The van der Waals surface area contributed by atoms with Gasteiger partial charge in [0, 0.05) is 12.0 Å². The maximum atomic E-state index is 12.9. The molecule has 0 spiro atoms. The molecule has 24 heavy (non-hydrogen) atoms. The predicted octanol–water partition coefficient (Wildman–Crippen LogP) is 4.98. The third kappa shape index (κ3) is 3.75. The molecule has 1 aliphatic rings. The molecular weight excluding hydrogens is 305 g/mol. The lowest BCUT2D eigenvalue weighted by molar-refractivity contribution is 0.308. The van der Waals surface area contributed by atoms with Crippen LogP contribution in [0.25, 0.3) is 5.57 Å². The number of halogens is 1. The zero-order valence-corrected chi connectivity index (χ0v) is 14.2. The Bertz CT molecular complexity index is 789. The molecular formula is C20H22FNO2. The van der Waals surface area contributed by atoms with E-state index in [1.54, 1.807) is 6.92 Å². The van der Waals surface area contributed by atoms with Gasteiger partial charge in [-0.1, -0.05) is 12.6 Å². The molecule has 126 valence electrons. The molecule has 1 heterocycles. The molecule has 0 atom stereocenters. The summed E-state index contributed by atoms with van der Waals surface area (Å²) in [7, 11) is 0. The second kappa shape index (κ2) is 7.04. The number of benzene rings is 1. The normalized spacial score (nSPS) is 13.9. The summed E-state index contributed by atoms with van der Waals surface area (Å²) in [6, 6.07) is 6.33. The minimum atomic E-state index is -0.509. The lowest BCUT2D eigenvalue weighted by atomic mass is 10.1. The van der Waals surface area contributed by atoms with E-state index in [0.717, 1.165) is 23.6 Å². The molecule has 2 aromatic rings. The molecule has 3 rings (SSSR count). The molecule has 0 N–H and O–H groups in total.